The van der Waals surface area contributed by atoms with Gasteiger partial charge in [-0.1, -0.05) is 35.9 Å². The predicted molar refractivity (Wildman–Crippen MR) is 85.3 cm³/mol. The molecule has 0 saturated carbocycles. The van der Waals surface area contributed by atoms with Gasteiger partial charge >= 0.3 is 0 Å². The van der Waals surface area contributed by atoms with Gasteiger partial charge in [-0.3, -0.25) is 9.78 Å². The lowest BCUT2D eigenvalue weighted by molar-refractivity contribution is 0.0950. The van der Waals surface area contributed by atoms with Crippen LogP contribution in [0.3, 0.4) is 0 Å². The molecule has 1 heterocycles. The molecule has 0 unspecified atom stereocenters. The maximum atomic E-state index is 12.1. The number of carbonyl (C=O) groups is 1. The van der Waals surface area contributed by atoms with Crippen LogP contribution in [0.2, 0.25) is 0 Å². The Kier molecular flexibility index (Phi) is 5.10. The largest absolute Gasteiger partial charge is 0.380 e. The minimum absolute atomic E-state index is 0.133. The highest BCUT2D eigenvalue weighted by molar-refractivity contribution is 5.94. The van der Waals surface area contributed by atoms with Gasteiger partial charge in [-0.05, 0) is 18.6 Å². The summed E-state index contributed by atoms with van der Waals surface area (Å²) in [6, 6.07) is 9.85. The van der Waals surface area contributed by atoms with Crippen LogP contribution in [0.4, 0.5) is 5.69 Å². The number of hydrogen-bond donors (Lipinski definition) is 2. The molecule has 0 atom stereocenters. The van der Waals surface area contributed by atoms with Crippen molar-refractivity contribution in [3.05, 3.63) is 72.1 Å². The van der Waals surface area contributed by atoms with Gasteiger partial charge in [-0.2, -0.15) is 0 Å². The van der Waals surface area contributed by atoms with Crippen LogP contribution in [0, 0.1) is 6.92 Å². The molecule has 0 aliphatic rings. The van der Waals surface area contributed by atoms with Crippen LogP contribution in [-0.4, -0.2) is 17.4 Å². The smallest absolute Gasteiger partial charge is 0.253 e. The summed E-state index contributed by atoms with van der Waals surface area (Å²) < 4.78 is 0. The lowest BCUT2D eigenvalue weighted by Gasteiger charge is -2.08. The second-order valence-corrected chi connectivity index (χ2v) is 4.80. The van der Waals surface area contributed by atoms with Crippen molar-refractivity contribution >= 4 is 11.6 Å². The van der Waals surface area contributed by atoms with E-state index in [4.69, 9.17) is 0 Å². The molecule has 0 aliphatic carbocycles. The Balaban J connectivity index is 1.98. The van der Waals surface area contributed by atoms with Gasteiger partial charge in [-0.15, -0.1) is 6.58 Å². The quantitative estimate of drug-likeness (QED) is 0.800. The summed E-state index contributed by atoms with van der Waals surface area (Å²) in [6.07, 6.45) is 5.00. The molecule has 1 amide bonds. The number of rotatable bonds is 6. The van der Waals surface area contributed by atoms with E-state index >= 15 is 0 Å². The summed E-state index contributed by atoms with van der Waals surface area (Å²) >= 11 is 0. The highest BCUT2D eigenvalue weighted by Crippen LogP contribution is 2.09. The van der Waals surface area contributed by atoms with Crippen LogP contribution in [-0.2, 0) is 6.54 Å². The summed E-state index contributed by atoms with van der Waals surface area (Å²) in [6.45, 7) is 6.81. The number of aryl methyl sites for hydroxylation is 1. The summed E-state index contributed by atoms with van der Waals surface area (Å²) in [7, 11) is 0. The number of carbonyl (C=O) groups excluding carboxylic acids is 1. The zero-order valence-electron chi connectivity index (χ0n) is 12.1. The Bertz CT molecular complexity index is 637. The summed E-state index contributed by atoms with van der Waals surface area (Å²) in [5.74, 6) is -0.133. The van der Waals surface area contributed by atoms with Crippen molar-refractivity contribution in [2.75, 3.05) is 11.9 Å². The highest BCUT2D eigenvalue weighted by atomic mass is 16.1. The van der Waals surface area contributed by atoms with Gasteiger partial charge in [0.25, 0.3) is 5.91 Å². The molecule has 0 saturated heterocycles. The van der Waals surface area contributed by atoms with Crippen LogP contribution >= 0.6 is 0 Å². The molecule has 4 heteroatoms. The number of hydrogen-bond acceptors (Lipinski definition) is 3. The molecule has 0 aliphatic heterocycles. The van der Waals surface area contributed by atoms with Crippen molar-refractivity contribution in [3.63, 3.8) is 0 Å². The predicted octanol–water partition coefficient (Wildman–Crippen LogP) is 2.92. The van der Waals surface area contributed by atoms with E-state index in [0.717, 1.165) is 11.3 Å². The summed E-state index contributed by atoms with van der Waals surface area (Å²) in [5.41, 5.74) is 3.60. The first-order valence-corrected chi connectivity index (χ1v) is 6.82. The van der Waals surface area contributed by atoms with Crippen molar-refractivity contribution in [1.29, 1.82) is 0 Å². The van der Waals surface area contributed by atoms with E-state index in [9.17, 15) is 4.79 Å². The first kappa shape index (κ1) is 14.8. The van der Waals surface area contributed by atoms with E-state index in [1.54, 1.807) is 24.5 Å². The highest BCUT2D eigenvalue weighted by Gasteiger charge is 2.06. The number of anilines is 1. The first-order valence-electron chi connectivity index (χ1n) is 6.82. The second kappa shape index (κ2) is 7.24. The third-order valence-corrected chi connectivity index (χ3v) is 2.99. The van der Waals surface area contributed by atoms with Crippen LogP contribution in [0.5, 0.6) is 0 Å². The Morgan fingerprint density at radius 3 is 2.95 bits per heavy atom. The van der Waals surface area contributed by atoms with Gasteiger partial charge in [0.15, 0.2) is 0 Å². The van der Waals surface area contributed by atoms with Gasteiger partial charge in [0.2, 0.25) is 0 Å². The Labute approximate surface area is 124 Å². The Morgan fingerprint density at radius 2 is 2.19 bits per heavy atom. The number of nitrogens with one attached hydrogen (secondary N) is 2. The maximum Gasteiger partial charge on any atom is 0.253 e. The van der Waals surface area contributed by atoms with E-state index in [1.807, 2.05) is 25.1 Å². The average Bonchev–Trinajstić information content (AvgIpc) is 2.51. The van der Waals surface area contributed by atoms with Crippen molar-refractivity contribution < 1.29 is 4.79 Å². The SMILES string of the molecule is C=CCNc1cncc(C(=O)NCc2cccc(C)c2)c1. The molecule has 1 aromatic carbocycles. The molecule has 2 aromatic rings. The average molecular weight is 281 g/mol. The van der Waals surface area contributed by atoms with Gasteiger partial charge in [0.05, 0.1) is 11.3 Å². The molecule has 2 rings (SSSR count). The topological polar surface area (TPSA) is 54.0 Å². The fraction of sp³-hybridized carbons (Fsp3) is 0.176. The van der Waals surface area contributed by atoms with Crippen LogP contribution in [0.25, 0.3) is 0 Å². The molecular weight excluding hydrogens is 262 g/mol. The number of aromatic nitrogens is 1. The first-order chi connectivity index (χ1) is 10.2. The number of amides is 1. The van der Waals surface area contributed by atoms with E-state index in [1.165, 1.54) is 5.56 Å². The van der Waals surface area contributed by atoms with Gasteiger partial charge in [0.1, 0.15) is 0 Å². The Morgan fingerprint density at radius 1 is 1.33 bits per heavy atom. The zero-order chi connectivity index (χ0) is 15.1. The van der Waals surface area contributed by atoms with Crippen LogP contribution < -0.4 is 10.6 Å². The molecule has 0 bridgehead atoms. The minimum Gasteiger partial charge on any atom is -0.380 e. The third-order valence-electron chi connectivity index (χ3n) is 2.99. The molecule has 21 heavy (non-hydrogen) atoms. The fourth-order valence-corrected chi connectivity index (χ4v) is 1.96. The van der Waals surface area contributed by atoms with Gasteiger partial charge in [-0.25, -0.2) is 0 Å². The zero-order valence-corrected chi connectivity index (χ0v) is 12.1. The Hall–Kier alpha value is -2.62. The standard InChI is InChI=1S/C17H19N3O/c1-3-7-19-16-9-15(11-18-12-16)17(21)20-10-14-6-4-5-13(2)8-14/h3-6,8-9,11-12,19H,1,7,10H2,2H3,(H,20,21). The molecule has 4 nitrogen and oxygen atoms in total. The summed E-state index contributed by atoms with van der Waals surface area (Å²) in [4.78, 5) is 16.2. The van der Waals surface area contributed by atoms with E-state index in [0.29, 0.717) is 18.7 Å². The van der Waals surface area contributed by atoms with Crippen LogP contribution in [0.15, 0.2) is 55.4 Å². The lowest BCUT2D eigenvalue weighted by Crippen LogP contribution is -2.23. The minimum atomic E-state index is -0.133. The third kappa shape index (κ3) is 4.45. The van der Waals surface area contributed by atoms with E-state index in [2.05, 4.69) is 28.3 Å². The molecule has 0 fully saturated rings. The lowest BCUT2D eigenvalue weighted by atomic mass is 10.1. The van der Waals surface area contributed by atoms with Crippen LogP contribution in [0.1, 0.15) is 21.5 Å². The van der Waals surface area contributed by atoms with Crippen molar-refractivity contribution in [3.8, 4) is 0 Å². The maximum absolute atomic E-state index is 12.1. The molecule has 108 valence electrons. The molecule has 0 radical (unpaired) electrons. The number of pyridine rings is 1. The molecule has 2 N–H and O–H groups in total. The number of nitrogens with zero attached hydrogens (tertiary/aromatic N) is 1. The summed E-state index contributed by atoms with van der Waals surface area (Å²) in [5, 5.41) is 6.01. The van der Waals surface area contributed by atoms with Crippen molar-refractivity contribution in [1.82, 2.24) is 10.3 Å². The number of benzene rings is 1. The van der Waals surface area contributed by atoms with Crippen molar-refractivity contribution in [2.24, 2.45) is 0 Å². The van der Waals surface area contributed by atoms with Crippen molar-refractivity contribution in [2.45, 2.75) is 13.5 Å². The molecule has 0 spiro atoms. The monoisotopic (exact) mass is 281 g/mol. The van der Waals surface area contributed by atoms with Gasteiger partial charge in [0, 0.05) is 25.5 Å². The van der Waals surface area contributed by atoms with Gasteiger partial charge < -0.3 is 10.6 Å². The second-order valence-electron chi connectivity index (χ2n) is 4.80. The molecular formula is C17H19N3O. The normalized spacial score (nSPS) is 9.95. The fourth-order valence-electron chi connectivity index (χ4n) is 1.96. The van der Waals surface area contributed by atoms with E-state index in [-0.39, 0.29) is 5.91 Å². The van der Waals surface area contributed by atoms with E-state index < -0.39 is 0 Å². The molecule has 1 aromatic heterocycles.